The van der Waals surface area contributed by atoms with E-state index in [-0.39, 0.29) is 19.2 Å². The molecular formula is C21H24N2O4. The fourth-order valence-electron chi connectivity index (χ4n) is 4.16. The van der Waals surface area contributed by atoms with Gasteiger partial charge in [-0.05, 0) is 44.3 Å². The van der Waals surface area contributed by atoms with Gasteiger partial charge in [0.15, 0.2) is 11.5 Å². The van der Waals surface area contributed by atoms with E-state index >= 15 is 0 Å². The molecule has 1 saturated heterocycles. The zero-order valence-corrected chi connectivity index (χ0v) is 15.6. The number of hydrogen-bond donors (Lipinski definition) is 1. The summed E-state index contributed by atoms with van der Waals surface area (Å²) in [6.45, 7) is 1.02. The van der Waals surface area contributed by atoms with Gasteiger partial charge < -0.3 is 19.5 Å². The van der Waals surface area contributed by atoms with Crippen LogP contribution in [-0.2, 0) is 5.54 Å². The number of likely N-dealkylation sites (N-methyl/N-ethyl adjacent to an activating group) is 1. The van der Waals surface area contributed by atoms with Crippen LogP contribution in [0.15, 0.2) is 48.5 Å². The first-order valence-corrected chi connectivity index (χ1v) is 9.12. The van der Waals surface area contributed by atoms with Crippen molar-refractivity contribution in [1.82, 2.24) is 9.80 Å². The lowest BCUT2D eigenvalue weighted by Gasteiger charge is -2.49. The predicted molar refractivity (Wildman–Crippen MR) is 101 cm³/mol. The average Bonchev–Trinajstić information content (AvgIpc) is 3.15. The van der Waals surface area contributed by atoms with Gasteiger partial charge in [0.2, 0.25) is 6.79 Å². The van der Waals surface area contributed by atoms with Crippen LogP contribution in [0, 0.1) is 0 Å². The summed E-state index contributed by atoms with van der Waals surface area (Å²) >= 11 is 0. The highest BCUT2D eigenvalue weighted by Gasteiger charge is 2.46. The molecule has 2 heterocycles. The first-order chi connectivity index (χ1) is 13.0. The van der Waals surface area contributed by atoms with E-state index in [1.165, 1.54) is 0 Å². The topological polar surface area (TPSA) is 62.2 Å². The van der Waals surface area contributed by atoms with E-state index in [0.717, 1.165) is 5.56 Å². The van der Waals surface area contributed by atoms with Gasteiger partial charge in [0, 0.05) is 18.7 Å². The lowest BCUT2D eigenvalue weighted by Crippen LogP contribution is -2.60. The van der Waals surface area contributed by atoms with Gasteiger partial charge in [0.1, 0.15) is 0 Å². The number of aliphatic hydroxyl groups excluding tert-OH is 1. The summed E-state index contributed by atoms with van der Waals surface area (Å²) in [6, 6.07) is 15.2. The summed E-state index contributed by atoms with van der Waals surface area (Å²) in [4.78, 5) is 16.7. The summed E-state index contributed by atoms with van der Waals surface area (Å²) in [7, 11) is 3.96. The second-order valence-corrected chi connectivity index (χ2v) is 7.27. The van der Waals surface area contributed by atoms with Gasteiger partial charge in [-0.25, -0.2) is 0 Å². The van der Waals surface area contributed by atoms with Crippen LogP contribution < -0.4 is 9.47 Å². The highest BCUT2D eigenvalue weighted by atomic mass is 16.7. The number of amides is 1. The maximum absolute atomic E-state index is 13.0. The second-order valence-electron chi connectivity index (χ2n) is 7.27. The fourth-order valence-corrected chi connectivity index (χ4v) is 4.16. The summed E-state index contributed by atoms with van der Waals surface area (Å²) in [5.74, 6) is 1.14. The van der Waals surface area contributed by atoms with Crippen molar-refractivity contribution in [3.8, 4) is 11.5 Å². The number of piperidine rings is 1. The van der Waals surface area contributed by atoms with Crippen LogP contribution in [0.5, 0.6) is 11.5 Å². The Bertz CT molecular complexity index is 839. The van der Waals surface area contributed by atoms with Gasteiger partial charge in [-0.1, -0.05) is 30.3 Å². The van der Waals surface area contributed by atoms with Crippen molar-refractivity contribution in [2.45, 2.75) is 18.1 Å². The van der Waals surface area contributed by atoms with Crippen LogP contribution in [0.2, 0.25) is 0 Å². The number of benzene rings is 2. The number of ether oxygens (including phenoxy) is 2. The van der Waals surface area contributed by atoms with Gasteiger partial charge in [0.25, 0.3) is 5.91 Å². The number of carbonyl (C=O) groups excluding carboxylic acids is 1. The number of rotatable bonds is 3. The first kappa shape index (κ1) is 17.8. The fraction of sp³-hybridized carbons (Fsp3) is 0.381. The van der Waals surface area contributed by atoms with E-state index in [1.807, 2.05) is 44.4 Å². The standard InChI is InChI=1S/C21H24N2O4/c1-22(2)21(16-6-4-3-5-7-16)10-11-23(13-19(21)24)20(25)15-8-9-17-18(12-15)27-14-26-17/h3-9,12,19,24H,10-11,13-14H2,1-2H3/t19-,21+/m1/s1. The molecule has 0 bridgehead atoms. The van der Waals surface area contributed by atoms with Crippen molar-refractivity contribution in [2.75, 3.05) is 34.0 Å². The van der Waals surface area contributed by atoms with Crippen LogP contribution in [0.1, 0.15) is 22.3 Å². The molecule has 27 heavy (non-hydrogen) atoms. The molecule has 4 rings (SSSR count). The Hall–Kier alpha value is -2.57. The molecule has 1 amide bonds. The number of nitrogens with zero attached hydrogens (tertiary/aromatic N) is 2. The van der Waals surface area contributed by atoms with Crippen molar-refractivity contribution in [2.24, 2.45) is 0 Å². The van der Waals surface area contributed by atoms with E-state index in [4.69, 9.17) is 9.47 Å². The molecule has 1 fully saturated rings. The van der Waals surface area contributed by atoms with Crippen LogP contribution in [0.4, 0.5) is 0 Å². The molecular weight excluding hydrogens is 344 g/mol. The molecule has 0 saturated carbocycles. The number of β-amino-alcohol motifs (C(OH)–C–C–N with tert-alkyl or cyclic N) is 1. The smallest absolute Gasteiger partial charge is 0.254 e. The Kier molecular flexibility index (Phi) is 4.53. The number of hydrogen-bond acceptors (Lipinski definition) is 5. The Morgan fingerprint density at radius 1 is 1.15 bits per heavy atom. The zero-order chi connectivity index (χ0) is 19.0. The van der Waals surface area contributed by atoms with Crippen LogP contribution in [0.25, 0.3) is 0 Å². The molecule has 1 N–H and O–H groups in total. The maximum Gasteiger partial charge on any atom is 0.254 e. The molecule has 0 spiro atoms. The Morgan fingerprint density at radius 3 is 2.59 bits per heavy atom. The van der Waals surface area contributed by atoms with Crippen molar-refractivity contribution in [3.63, 3.8) is 0 Å². The minimum Gasteiger partial charge on any atom is -0.454 e. The number of fused-ring (bicyclic) bond motifs is 1. The summed E-state index contributed by atoms with van der Waals surface area (Å²) < 4.78 is 10.7. The quantitative estimate of drug-likeness (QED) is 0.899. The molecule has 0 radical (unpaired) electrons. The zero-order valence-electron chi connectivity index (χ0n) is 15.6. The summed E-state index contributed by atoms with van der Waals surface area (Å²) in [5.41, 5.74) is 1.11. The number of carbonyl (C=O) groups is 1. The van der Waals surface area contributed by atoms with Crippen molar-refractivity contribution < 1.29 is 19.4 Å². The third kappa shape index (κ3) is 2.95. The van der Waals surface area contributed by atoms with E-state index in [0.29, 0.717) is 30.0 Å². The molecule has 0 aliphatic carbocycles. The average molecular weight is 368 g/mol. The molecule has 2 aliphatic rings. The molecule has 142 valence electrons. The van der Waals surface area contributed by atoms with Gasteiger partial charge in [-0.3, -0.25) is 9.69 Å². The third-order valence-corrected chi connectivity index (χ3v) is 5.69. The Labute approximate surface area is 158 Å². The van der Waals surface area contributed by atoms with Crippen molar-refractivity contribution in [1.29, 1.82) is 0 Å². The summed E-state index contributed by atoms with van der Waals surface area (Å²) in [5, 5.41) is 11.1. The van der Waals surface area contributed by atoms with Crippen LogP contribution >= 0.6 is 0 Å². The third-order valence-electron chi connectivity index (χ3n) is 5.69. The number of likely N-dealkylation sites (tertiary alicyclic amines) is 1. The number of aliphatic hydroxyl groups is 1. The monoisotopic (exact) mass is 368 g/mol. The SMILES string of the molecule is CN(C)[C@]1(c2ccccc2)CCN(C(=O)c2ccc3c(c2)OCO3)C[C@H]1O. The van der Waals surface area contributed by atoms with Gasteiger partial charge in [-0.2, -0.15) is 0 Å². The minimum absolute atomic E-state index is 0.104. The highest BCUT2D eigenvalue weighted by molar-refractivity contribution is 5.95. The van der Waals surface area contributed by atoms with E-state index in [2.05, 4.69) is 4.90 Å². The highest BCUT2D eigenvalue weighted by Crippen LogP contribution is 2.38. The van der Waals surface area contributed by atoms with Crippen molar-refractivity contribution in [3.05, 3.63) is 59.7 Å². The molecule has 2 aromatic carbocycles. The molecule has 2 aromatic rings. The lowest BCUT2D eigenvalue weighted by atomic mass is 9.77. The molecule has 6 heteroatoms. The van der Waals surface area contributed by atoms with Crippen LogP contribution in [0.3, 0.4) is 0 Å². The predicted octanol–water partition coefficient (Wildman–Crippen LogP) is 2.08. The van der Waals surface area contributed by atoms with E-state index in [1.54, 1.807) is 23.1 Å². The van der Waals surface area contributed by atoms with Crippen LogP contribution in [-0.4, -0.2) is 60.9 Å². The molecule has 2 aliphatic heterocycles. The minimum atomic E-state index is -0.693. The van der Waals surface area contributed by atoms with Gasteiger partial charge >= 0.3 is 0 Å². The molecule has 6 nitrogen and oxygen atoms in total. The summed E-state index contributed by atoms with van der Waals surface area (Å²) in [6.07, 6.45) is -0.0387. The Morgan fingerprint density at radius 2 is 1.89 bits per heavy atom. The maximum atomic E-state index is 13.0. The van der Waals surface area contributed by atoms with Crippen molar-refractivity contribution >= 4 is 5.91 Å². The second kappa shape index (κ2) is 6.87. The Balaban J connectivity index is 1.56. The molecule has 2 atom stereocenters. The molecule has 0 unspecified atom stereocenters. The lowest BCUT2D eigenvalue weighted by molar-refractivity contribution is -0.0612. The van der Waals surface area contributed by atoms with Gasteiger partial charge in [-0.15, -0.1) is 0 Å². The van der Waals surface area contributed by atoms with Gasteiger partial charge in [0.05, 0.1) is 11.6 Å². The largest absolute Gasteiger partial charge is 0.454 e. The first-order valence-electron chi connectivity index (χ1n) is 9.12. The normalized spacial score (nSPS) is 24.3. The molecule has 0 aromatic heterocycles. The van der Waals surface area contributed by atoms with E-state index in [9.17, 15) is 9.90 Å². The van der Waals surface area contributed by atoms with E-state index < -0.39 is 11.6 Å².